The molecular weight excluding hydrogens is 240 g/mol. The number of amides is 2. The van der Waals surface area contributed by atoms with Crippen LogP contribution in [0.5, 0.6) is 0 Å². The number of ketones is 1. The average Bonchev–Trinajstić information content (AvgIpc) is 2.83. The smallest absolute Gasteiger partial charge is 0.318 e. The molecule has 1 saturated carbocycles. The summed E-state index contributed by atoms with van der Waals surface area (Å²) in [5.74, 6) is 0.329. The molecule has 2 amide bonds. The Bertz CT molecular complexity index is 476. The van der Waals surface area contributed by atoms with Crippen molar-refractivity contribution in [2.24, 2.45) is 0 Å². The molecule has 0 aromatic heterocycles. The van der Waals surface area contributed by atoms with Crippen molar-refractivity contribution in [3.05, 3.63) is 35.9 Å². The number of carbonyl (C=O) groups excluding carboxylic acids is 2. The maximum atomic E-state index is 12.1. The van der Waals surface area contributed by atoms with Crippen molar-refractivity contribution in [1.82, 2.24) is 10.2 Å². The minimum absolute atomic E-state index is 0.00759. The van der Waals surface area contributed by atoms with Gasteiger partial charge >= 0.3 is 6.03 Å². The molecule has 4 heteroatoms. The second-order valence-electron chi connectivity index (χ2n) is 5.33. The maximum absolute atomic E-state index is 12.1. The molecule has 1 aliphatic heterocycles. The lowest BCUT2D eigenvalue weighted by Gasteiger charge is -2.29. The number of hydrogen-bond acceptors (Lipinski definition) is 2. The first-order valence-corrected chi connectivity index (χ1v) is 6.88. The molecule has 0 radical (unpaired) electrons. The third-order valence-corrected chi connectivity index (χ3v) is 4.09. The fourth-order valence-electron chi connectivity index (χ4n) is 2.98. The molecule has 1 aliphatic carbocycles. The summed E-state index contributed by atoms with van der Waals surface area (Å²) in [5, 5.41) is 3.03. The summed E-state index contributed by atoms with van der Waals surface area (Å²) in [5.41, 5.74) is 1.14. The highest BCUT2D eigenvalue weighted by molar-refractivity contribution is 5.81. The van der Waals surface area contributed by atoms with E-state index in [9.17, 15) is 9.59 Å². The van der Waals surface area contributed by atoms with Crippen LogP contribution in [-0.4, -0.2) is 29.3 Å². The van der Waals surface area contributed by atoms with Crippen LogP contribution in [0.3, 0.4) is 0 Å². The van der Waals surface area contributed by atoms with Crippen molar-refractivity contribution >= 4 is 11.8 Å². The van der Waals surface area contributed by atoms with Crippen LogP contribution >= 0.6 is 0 Å². The van der Waals surface area contributed by atoms with Crippen molar-refractivity contribution in [2.75, 3.05) is 6.54 Å². The van der Waals surface area contributed by atoms with Gasteiger partial charge in [0.1, 0.15) is 5.78 Å². The van der Waals surface area contributed by atoms with Gasteiger partial charge in [0, 0.05) is 25.4 Å². The number of nitrogens with zero attached hydrogens (tertiary/aromatic N) is 1. The van der Waals surface area contributed by atoms with Gasteiger partial charge in [-0.25, -0.2) is 4.79 Å². The SMILES string of the molecule is O=C1CCC(N2CC(c3ccccc3)NC2=O)CC1. The molecule has 0 bridgehead atoms. The molecule has 2 fully saturated rings. The molecule has 3 rings (SSSR count). The van der Waals surface area contributed by atoms with Crippen molar-refractivity contribution < 1.29 is 9.59 Å². The molecule has 1 N–H and O–H groups in total. The van der Waals surface area contributed by atoms with E-state index < -0.39 is 0 Å². The number of urea groups is 1. The number of hydrogen-bond donors (Lipinski definition) is 1. The van der Waals surface area contributed by atoms with Crippen molar-refractivity contribution in [2.45, 2.75) is 37.8 Å². The molecule has 1 unspecified atom stereocenters. The van der Waals surface area contributed by atoms with E-state index in [1.165, 1.54) is 0 Å². The lowest BCUT2D eigenvalue weighted by Crippen LogP contribution is -2.40. The van der Waals surface area contributed by atoms with Gasteiger partial charge in [0.2, 0.25) is 0 Å². The van der Waals surface area contributed by atoms with Gasteiger partial charge < -0.3 is 10.2 Å². The predicted molar refractivity (Wildman–Crippen MR) is 71.7 cm³/mol. The summed E-state index contributed by atoms with van der Waals surface area (Å²) in [7, 11) is 0. The standard InChI is InChI=1S/C15H18N2O2/c18-13-8-6-12(7-9-13)17-10-14(16-15(17)19)11-4-2-1-3-5-11/h1-5,12,14H,6-10H2,(H,16,19). The van der Waals surface area contributed by atoms with Crippen molar-refractivity contribution in [1.29, 1.82) is 0 Å². The van der Waals surface area contributed by atoms with Crippen molar-refractivity contribution in [3.8, 4) is 0 Å². The molecule has 19 heavy (non-hydrogen) atoms. The lowest BCUT2D eigenvalue weighted by molar-refractivity contribution is -0.121. The molecule has 1 aromatic carbocycles. The van der Waals surface area contributed by atoms with Gasteiger partial charge in [-0.05, 0) is 18.4 Å². The number of rotatable bonds is 2. The van der Waals surface area contributed by atoms with Crippen LogP contribution in [0.2, 0.25) is 0 Å². The number of nitrogens with one attached hydrogen (secondary N) is 1. The van der Waals surface area contributed by atoms with E-state index in [0.29, 0.717) is 25.2 Å². The van der Waals surface area contributed by atoms with E-state index in [4.69, 9.17) is 0 Å². The van der Waals surface area contributed by atoms with Crippen LogP contribution in [0, 0.1) is 0 Å². The molecule has 100 valence electrons. The lowest BCUT2D eigenvalue weighted by atomic mass is 9.93. The normalized spacial score (nSPS) is 24.6. The van der Waals surface area contributed by atoms with Gasteiger partial charge in [-0.2, -0.15) is 0 Å². The first kappa shape index (κ1) is 12.2. The third kappa shape index (κ3) is 2.48. The van der Waals surface area contributed by atoms with E-state index in [0.717, 1.165) is 18.4 Å². The summed E-state index contributed by atoms with van der Waals surface area (Å²) in [6.45, 7) is 0.710. The van der Waals surface area contributed by atoms with E-state index in [-0.39, 0.29) is 18.1 Å². The van der Waals surface area contributed by atoms with E-state index in [2.05, 4.69) is 5.32 Å². The maximum Gasteiger partial charge on any atom is 0.318 e. The Balaban J connectivity index is 1.69. The largest absolute Gasteiger partial charge is 0.329 e. The zero-order valence-electron chi connectivity index (χ0n) is 10.8. The third-order valence-electron chi connectivity index (χ3n) is 4.09. The number of Topliss-reactive ketones (excluding diaryl/α,β-unsaturated/α-hetero) is 1. The summed E-state index contributed by atoms with van der Waals surface area (Å²) in [4.78, 5) is 25.2. The Morgan fingerprint density at radius 1 is 1.05 bits per heavy atom. The van der Waals surface area contributed by atoms with E-state index in [1.54, 1.807) is 0 Å². The minimum Gasteiger partial charge on any atom is -0.329 e. The summed E-state index contributed by atoms with van der Waals surface area (Å²) in [6, 6.07) is 10.3. The molecule has 2 aliphatic rings. The Labute approximate surface area is 112 Å². The summed E-state index contributed by atoms with van der Waals surface area (Å²) < 4.78 is 0. The van der Waals surface area contributed by atoms with E-state index >= 15 is 0 Å². The molecule has 1 saturated heterocycles. The zero-order valence-corrected chi connectivity index (χ0v) is 10.8. The average molecular weight is 258 g/mol. The molecular formula is C15H18N2O2. The molecule has 1 atom stereocenters. The van der Waals surface area contributed by atoms with E-state index in [1.807, 2.05) is 35.2 Å². The molecule has 4 nitrogen and oxygen atoms in total. The van der Waals surface area contributed by atoms with Crippen LogP contribution in [0.4, 0.5) is 4.79 Å². The zero-order chi connectivity index (χ0) is 13.2. The highest BCUT2D eigenvalue weighted by Crippen LogP contribution is 2.27. The highest BCUT2D eigenvalue weighted by atomic mass is 16.2. The highest BCUT2D eigenvalue weighted by Gasteiger charge is 2.35. The van der Waals surface area contributed by atoms with Gasteiger partial charge in [0.05, 0.1) is 6.04 Å². The second kappa shape index (κ2) is 5.03. The minimum atomic E-state index is 0.00759. The van der Waals surface area contributed by atoms with Crippen LogP contribution < -0.4 is 5.32 Å². The Hall–Kier alpha value is -1.84. The molecule has 1 aromatic rings. The molecule has 0 spiro atoms. The van der Waals surface area contributed by atoms with Crippen LogP contribution in [0.25, 0.3) is 0 Å². The fourth-order valence-corrected chi connectivity index (χ4v) is 2.98. The first-order chi connectivity index (χ1) is 9.24. The van der Waals surface area contributed by atoms with Gasteiger partial charge in [-0.1, -0.05) is 30.3 Å². The van der Waals surface area contributed by atoms with Gasteiger partial charge in [-0.3, -0.25) is 4.79 Å². The monoisotopic (exact) mass is 258 g/mol. The second-order valence-corrected chi connectivity index (χ2v) is 5.33. The summed E-state index contributed by atoms with van der Waals surface area (Å²) >= 11 is 0. The summed E-state index contributed by atoms with van der Waals surface area (Å²) in [6.07, 6.45) is 2.86. The Kier molecular flexibility index (Phi) is 3.23. The number of benzene rings is 1. The Morgan fingerprint density at radius 2 is 1.74 bits per heavy atom. The van der Waals surface area contributed by atoms with Gasteiger partial charge in [0.25, 0.3) is 0 Å². The van der Waals surface area contributed by atoms with Gasteiger partial charge in [0.15, 0.2) is 0 Å². The Morgan fingerprint density at radius 3 is 2.42 bits per heavy atom. The molecule has 1 heterocycles. The predicted octanol–water partition coefficient (Wildman–Crippen LogP) is 2.26. The fraction of sp³-hybridized carbons (Fsp3) is 0.467. The van der Waals surface area contributed by atoms with Crippen LogP contribution in [0.15, 0.2) is 30.3 Å². The van der Waals surface area contributed by atoms with Gasteiger partial charge in [-0.15, -0.1) is 0 Å². The van der Waals surface area contributed by atoms with Crippen molar-refractivity contribution in [3.63, 3.8) is 0 Å². The van der Waals surface area contributed by atoms with Crippen LogP contribution in [0.1, 0.15) is 37.3 Å². The quantitative estimate of drug-likeness (QED) is 0.884. The van der Waals surface area contributed by atoms with Crippen LogP contribution in [-0.2, 0) is 4.79 Å². The first-order valence-electron chi connectivity index (χ1n) is 6.88. The number of carbonyl (C=O) groups is 2. The topological polar surface area (TPSA) is 49.4 Å².